The van der Waals surface area contributed by atoms with E-state index >= 15 is 0 Å². The Morgan fingerprint density at radius 2 is 2.21 bits per heavy atom. The van der Waals surface area contributed by atoms with Gasteiger partial charge in [0.15, 0.2) is 0 Å². The van der Waals surface area contributed by atoms with Crippen molar-refractivity contribution in [2.45, 2.75) is 29.8 Å². The van der Waals surface area contributed by atoms with Crippen LogP contribution in [0.25, 0.3) is 0 Å². The van der Waals surface area contributed by atoms with E-state index in [1.807, 2.05) is 0 Å². The van der Waals surface area contributed by atoms with E-state index in [9.17, 15) is 19.8 Å². The fourth-order valence-electron chi connectivity index (χ4n) is 2.12. The molecule has 0 spiro atoms. The van der Waals surface area contributed by atoms with Gasteiger partial charge in [-0.3, -0.25) is 14.3 Å². The molecule has 1 aliphatic heterocycles. The molecule has 106 valence electrons. The zero-order valence-corrected chi connectivity index (χ0v) is 11.4. The molecule has 3 N–H and O–H groups in total. The summed E-state index contributed by atoms with van der Waals surface area (Å²) in [5, 5.41) is 18.3. The standard InChI is InChI=1S/C11H16N2O5S/c1-5-3-13(11(17)12-9(5)16)10-8(18-2)7(15)6(4-14)19-10/h3,6-8,10,14-15H,4H2,1-2H3,(H,12,16,17)/t6-,7?,8?,10-/m1/s1. The van der Waals surface area contributed by atoms with Gasteiger partial charge in [0.05, 0.1) is 18.0 Å². The minimum atomic E-state index is -0.871. The fraction of sp³-hybridized carbons (Fsp3) is 0.636. The molecular formula is C11H16N2O5S. The number of nitrogens with one attached hydrogen (secondary N) is 1. The molecule has 0 aromatic carbocycles. The lowest BCUT2D eigenvalue weighted by atomic mass is 10.1. The molecule has 4 atom stereocenters. The number of aryl methyl sites for hydroxylation is 1. The summed E-state index contributed by atoms with van der Waals surface area (Å²) in [5.41, 5.74) is -0.588. The van der Waals surface area contributed by atoms with Crippen LogP contribution in [0.2, 0.25) is 0 Å². The SMILES string of the molecule is COC1C(O)[C@@H](CO)S[C@H]1n1cc(C)c(=O)[nH]c1=O. The van der Waals surface area contributed by atoms with E-state index in [-0.39, 0.29) is 6.61 Å². The molecule has 1 aliphatic rings. The third-order valence-electron chi connectivity index (χ3n) is 3.18. The minimum Gasteiger partial charge on any atom is -0.395 e. The molecule has 0 amide bonds. The van der Waals surface area contributed by atoms with Crippen molar-refractivity contribution in [1.82, 2.24) is 9.55 Å². The molecular weight excluding hydrogens is 272 g/mol. The Morgan fingerprint density at radius 1 is 1.53 bits per heavy atom. The molecule has 1 saturated heterocycles. The zero-order valence-electron chi connectivity index (χ0n) is 10.6. The summed E-state index contributed by atoms with van der Waals surface area (Å²) in [6.07, 6.45) is -0.0496. The molecule has 2 unspecified atom stereocenters. The Balaban J connectivity index is 2.44. The molecule has 0 bridgehead atoms. The number of thioether (sulfide) groups is 1. The number of aromatic nitrogens is 2. The molecule has 1 aromatic rings. The fourth-order valence-corrected chi connectivity index (χ4v) is 3.60. The molecule has 0 radical (unpaired) electrons. The molecule has 2 heterocycles. The number of H-pyrrole nitrogens is 1. The Labute approximate surface area is 113 Å². The number of hydrogen-bond donors (Lipinski definition) is 3. The zero-order chi connectivity index (χ0) is 14.2. The number of aliphatic hydroxyl groups is 2. The Morgan fingerprint density at radius 3 is 2.79 bits per heavy atom. The number of methoxy groups -OCH3 is 1. The van der Waals surface area contributed by atoms with Crippen LogP contribution < -0.4 is 11.2 Å². The van der Waals surface area contributed by atoms with Crippen molar-refractivity contribution in [3.05, 3.63) is 32.6 Å². The highest BCUT2D eigenvalue weighted by Crippen LogP contribution is 2.42. The molecule has 8 heteroatoms. The van der Waals surface area contributed by atoms with E-state index in [0.717, 1.165) is 0 Å². The molecule has 2 rings (SSSR count). The second-order valence-corrected chi connectivity index (χ2v) is 5.78. The predicted octanol–water partition coefficient (Wildman–Crippen LogP) is -1.17. The van der Waals surface area contributed by atoms with Crippen molar-refractivity contribution in [1.29, 1.82) is 0 Å². The molecule has 1 aromatic heterocycles. The summed E-state index contributed by atoms with van der Waals surface area (Å²) in [4.78, 5) is 25.4. The molecule has 0 aliphatic carbocycles. The van der Waals surface area contributed by atoms with Crippen LogP contribution in [0.1, 0.15) is 10.9 Å². The minimum absolute atomic E-state index is 0.209. The molecule has 1 fully saturated rings. The van der Waals surface area contributed by atoms with Crippen molar-refractivity contribution in [2.24, 2.45) is 0 Å². The first-order valence-electron chi connectivity index (χ1n) is 5.78. The van der Waals surface area contributed by atoms with E-state index in [4.69, 9.17) is 4.74 Å². The lowest BCUT2D eigenvalue weighted by Crippen LogP contribution is -2.39. The van der Waals surface area contributed by atoms with Gasteiger partial charge in [-0.1, -0.05) is 0 Å². The number of ether oxygens (including phenoxy) is 1. The Hall–Kier alpha value is -1.09. The van der Waals surface area contributed by atoms with E-state index < -0.39 is 34.1 Å². The van der Waals surface area contributed by atoms with E-state index in [0.29, 0.717) is 5.56 Å². The average Bonchev–Trinajstić information content (AvgIpc) is 2.70. The molecule has 19 heavy (non-hydrogen) atoms. The number of aliphatic hydroxyl groups excluding tert-OH is 2. The van der Waals surface area contributed by atoms with Crippen LogP contribution in [-0.2, 0) is 4.74 Å². The molecule has 0 saturated carbocycles. The molecule has 7 nitrogen and oxygen atoms in total. The van der Waals surface area contributed by atoms with Crippen LogP contribution in [-0.4, -0.2) is 50.9 Å². The van der Waals surface area contributed by atoms with Gasteiger partial charge in [0.25, 0.3) is 5.56 Å². The third-order valence-corrected chi connectivity index (χ3v) is 4.74. The second kappa shape index (κ2) is 5.49. The summed E-state index contributed by atoms with van der Waals surface area (Å²) in [6.45, 7) is 1.38. The van der Waals surface area contributed by atoms with Gasteiger partial charge in [-0.05, 0) is 6.92 Å². The summed E-state index contributed by atoms with van der Waals surface area (Å²) in [6, 6.07) is 0. The number of nitrogens with zero attached hydrogens (tertiary/aromatic N) is 1. The maximum atomic E-state index is 11.8. The van der Waals surface area contributed by atoms with Gasteiger partial charge in [0.2, 0.25) is 0 Å². The maximum absolute atomic E-state index is 11.8. The van der Waals surface area contributed by atoms with Crippen LogP contribution in [0.5, 0.6) is 0 Å². The van der Waals surface area contributed by atoms with Gasteiger partial charge in [-0.15, -0.1) is 11.8 Å². The van der Waals surface area contributed by atoms with Crippen LogP contribution in [0.15, 0.2) is 15.8 Å². The quantitative estimate of drug-likeness (QED) is 0.647. The van der Waals surface area contributed by atoms with Crippen LogP contribution >= 0.6 is 11.8 Å². The summed E-state index contributed by atoms with van der Waals surface area (Å²) >= 11 is 1.25. The van der Waals surface area contributed by atoms with Gasteiger partial charge in [0, 0.05) is 18.9 Å². The predicted molar refractivity (Wildman–Crippen MR) is 70.4 cm³/mol. The van der Waals surface area contributed by atoms with Crippen molar-refractivity contribution in [3.8, 4) is 0 Å². The van der Waals surface area contributed by atoms with Crippen molar-refractivity contribution in [3.63, 3.8) is 0 Å². The Bertz CT molecular complexity index is 569. The van der Waals surface area contributed by atoms with Crippen LogP contribution in [0.3, 0.4) is 0 Å². The maximum Gasteiger partial charge on any atom is 0.329 e. The van der Waals surface area contributed by atoms with Gasteiger partial charge in [-0.2, -0.15) is 0 Å². The van der Waals surface area contributed by atoms with Crippen molar-refractivity contribution < 1.29 is 14.9 Å². The largest absolute Gasteiger partial charge is 0.395 e. The van der Waals surface area contributed by atoms with E-state index in [2.05, 4.69) is 4.98 Å². The van der Waals surface area contributed by atoms with Gasteiger partial charge in [-0.25, -0.2) is 4.79 Å². The number of rotatable bonds is 3. The van der Waals surface area contributed by atoms with Crippen LogP contribution in [0.4, 0.5) is 0 Å². The summed E-state index contributed by atoms with van der Waals surface area (Å²) in [5.74, 6) is 0. The van der Waals surface area contributed by atoms with Crippen molar-refractivity contribution in [2.75, 3.05) is 13.7 Å². The lowest BCUT2D eigenvalue weighted by molar-refractivity contribution is -0.0189. The van der Waals surface area contributed by atoms with Gasteiger partial charge < -0.3 is 14.9 Å². The van der Waals surface area contributed by atoms with Gasteiger partial charge in [0.1, 0.15) is 11.5 Å². The highest BCUT2D eigenvalue weighted by atomic mass is 32.2. The van der Waals surface area contributed by atoms with Crippen LogP contribution in [0, 0.1) is 6.92 Å². The smallest absolute Gasteiger partial charge is 0.329 e. The van der Waals surface area contributed by atoms with Crippen molar-refractivity contribution >= 4 is 11.8 Å². The van der Waals surface area contributed by atoms with Gasteiger partial charge >= 0.3 is 5.69 Å². The first-order chi connectivity index (χ1) is 8.99. The Kier molecular flexibility index (Phi) is 4.14. The van der Waals surface area contributed by atoms with E-state index in [1.54, 1.807) is 6.92 Å². The first kappa shape index (κ1) is 14.3. The van der Waals surface area contributed by atoms with E-state index in [1.165, 1.54) is 29.6 Å². The normalized spacial score (nSPS) is 30.7. The number of aromatic amines is 1. The second-order valence-electron chi connectivity index (χ2n) is 4.42. The summed E-state index contributed by atoms with van der Waals surface area (Å²) < 4.78 is 6.54. The monoisotopic (exact) mass is 288 g/mol. The third kappa shape index (κ3) is 2.48. The lowest BCUT2D eigenvalue weighted by Gasteiger charge is -2.21. The summed E-state index contributed by atoms with van der Waals surface area (Å²) in [7, 11) is 1.44. The average molecular weight is 288 g/mol. The first-order valence-corrected chi connectivity index (χ1v) is 6.73. The highest BCUT2D eigenvalue weighted by molar-refractivity contribution is 8.00. The topological polar surface area (TPSA) is 105 Å². The highest BCUT2D eigenvalue weighted by Gasteiger charge is 2.44. The number of hydrogen-bond acceptors (Lipinski definition) is 6.